The van der Waals surface area contributed by atoms with E-state index in [0.29, 0.717) is 23.6 Å². The SMILES string of the molecule is C[C@H](OC(=O)c1ccc(Oc2ccccc2)cc1)C(=O)NCc1ccccc1. The normalized spacial score (nSPS) is 11.3. The van der Waals surface area contributed by atoms with Gasteiger partial charge in [-0.25, -0.2) is 4.79 Å². The van der Waals surface area contributed by atoms with E-state index in [2.05, 4.69) is 5.32 Å². The fraction of sp³-hybridized carbons (Fsp3) is 0.130. The molecule has 0 radical (unpaired) electrons. The van der Waals surface area contributed by atoms with Gasteiger partial charge in [-0.2, -0.15) is 0 Å². The molecule has 0 spiro atoms. The maximum absolute atomic E-state index is 12.3. The lowest BCUT2D eigenvalue weighted by Crippen LogP contribution is -2.35. The second kappa shape index (κ2) is 9.37. The van der Waals surface area contributed by atoms with Crippen LogP contribution in [0, 0.1) is 0 Å². The van der Waals surface area contributed by atoms with Gasteiger partial charge in [-0.15, -0.1) is 0 Å². The summed E-state index contributed by atoms with van der Waals surface area (Å²) in [6, 6.07) is 25.5. The first-order valence-corrected chi connectivity index (χ1v) is 8.97. The lowest BCUT2D eigenvalue weighted by Gasteiger charge is -2.14. The number of ether oxygens (including phenoxy) is 2. The van der Waals surface area contributed by atoms with Crippen molar-refractivity contribution in [2.45, 2.75) is 19.6 Å². The van der Waals surface area contributed by atoms with Crippen LogP contribution in [0.1, 0.15) is 22.8 Å². The van der Waals surface area contributed by atoms with Crippen molar-refractivity contribution in [1.82, 2.24) is 5.32 Å². The summed E-state index contributed by atoms with van der Waals surface area (Å²) in [5.74, 6) is 0.410. The van der Waals surface area contributed by atoms with E-state index in [1.165, 1.54) is 0 Å². The van der Waals surface area contributed by atoms with Crippen LogP contribution in [0.3, 0.4) is 0 Å². The molecule has 28 heavy (non-hydrogen) atoms. The van der Waals surface area contributed by atoms with E-state index >= 15 is 0 Å². The minimum Gasteiger partial charge on any atom is -0.457 e. The predicted octanol–water partition coefficient (Wildman–Crippen LogP) is 4.34. The van der Waals surface area contributed by atoms with Crippen LogP contribution < -0.4 is 10.1 Å². The Morgan fingerprint density at radius 2 is 1.39 bits per heavy atom. The van der Waals surface area contributed by atoms with Crippen LogP contribution in [0.5, 0.6) is 11.5 Å². The zero-order valence-electron chi connectivity index (χ0n) is 15.5. The number of para-hydroxylation sites is 1. The van der Waals surface area contributed by atoms with E-state index in [9.17, 15) is 9.59 Å². The molecule has 3 aromatic rings. The zero-order chi connectivity index (χ0) is 19.8. The van der Waals surface area contributed by atoms with Gasteiger partial charge >= 0.3 is 5.97 Å². The smallest absolute Gasteiger partial charge is 0.338 e. The van der Waals surface area contributed by atoms with E-state index in [-0.39, 0.29) is 5.91 Å². The number of hydrogen-bond acceptors (Lipinski definition) is 4. The molecule has 1 N–H and O–H groups in total. The maximum atomic E-state index is 12.3. The standard InChI is InChI=1S/C23H21NO4/c1-17(22(25)24-16-18-8-4-2-5-9-18)27-23(26)19-12-14-21(15-13-19)28-20-10-6-3-7-11-20/h2-15,17H,16H2,1H3,(H,24,25)/t17-/m0/s1. The van der Waals surface area contributed by atoms with Crippen LogP contribution in [0.25, 0.3) is 0 Å². The molecule has 3 rings (SSSR count). The molecule has 0 saturated heterocycles. The van der Waals surface area contributed by atoms with Gasteiger partial charge in [0.15, 0.2) is 6.10 Å². The molecule has 0 bridgehead atoms. The molecule has 142 valence electrons. The van der Waals surface area contributed by atoms with Gasteiger partial charge in [0, 0.05) is 6.54 Å². The molecular formula is C23H21NO4. The summed E-state index contributed by atoms with van der Waals surface area (Å²) in [6.45, 7) is 1.93. The van der Waals surface area contributed by atoms with Gasteiger partial charge in [-0.05, 0) is 48.9 Å². The molecule has 0 aliphatic heterocycles. The van der Waals surface area contributed by atoms with E-state index in [1.54, 1.807) is 31.2 Å². The van der Waals surface area contributed by atoms with Crippen LogP contribution >= 0.6 is 0 Å². The summed E-state index contributed by atoms with van der Waals surface area (Å²) in [4.78, 5) is 24.4. The summed E-state index contributed by atoms with van der Waals surface area (Å²) in [7, 11) is 0. The quantitative estimate of drug-likeness (QED) is 0.624. The van der Waals surface area contributed by atoms with Crippen LogP contribution in [-0.2, 0) is 16.1 Å². The van der Waals surface area contributed by atoms with Crippen molar-refractivity contribution in [2.75, 3.05) is 0 Å². The molecule has 1 atom stereocenters. The molecule has 0 unspecified atom stereocenters. The molecule has 0 aliphatic rings. The zero-order valence-corrected chi connectivity index (χ0v) is 15.5. The fourth-order valence-electron chi connectivity index (χ4n) is 2.49. The second-order valence-corrected chi connectivity index (χ2v) is 6.19. The van der Waals surface area contributed by atoms with E-state index in [4.69, 9.17) is 9.47 Å². The topological polar surface area (TPSA) is 64.6 Å². The van der Waals surface area contributed by atoms with Gasteiger partial charge in [0.25, 0.3) is 5.91 Å². The largest absolute Gasteiger partial charge is 0.457 e. The number of carbonyl (C=O) groups excluding carboxylic acids is 2. The number of amides is 1. The van der Waals surface area contributed by atoms with E-state index in [1.807, 2.05) is 60.7 Å². The summed E-state index contributed by atoms with van der Waals surface area (Å²) in [5.41, 5.74) is 1.33. The van der Waals surface area contributed by atoms with Gasteiger partial charge in [-0.3, -0.25) is 4.79 Å². The lowest BCUT2D eigenvalue weighted by molar-refractivity contribution is -0.129. The van der Waals surface area contributed by atoms with Crippen molar-refractivity contribution in [3.8, 4) is 11.5 Å². The van der Waals surface area contributed by atoms with Gasteiger partial charge in [0.05, 0.1) is 5.56 Å². The number of benzene rings is 3. The molecule has 0 aliphatic carbocycles. The van der Waals surface area contributed by atoms with E-state index < -0.39 is 12.1 Å². The molecule has 0 fully saturated rings. The van der Waals surface area contributed by atoms with Gasteiger partial charge in [-0.1, -0.05) is 48.5 Å². The Bertz CT molecular complexity index is 908. The highest BCUT2D eigenvalue weighted by Crippen LogP contribution is 2.21. The highest BCUT2D eigenvalue weighted by atomic mass is 16.5. The number of hydrogen-bond donors (Lipinski definition) is 1. The monoisotopic (exact) mass is 375 g/mol. The fourth-order valence-corrected chi connectivity index (χ4v) is 2.49. The summed E-state index contributed by atoms with van der Waals surface area (Å²) in [6.07, 6.45) is -0.892. The third-order valence-corrected chi connectivity index (χ3v) is 4.03. The van der Waals surface area contributed by atoms with Gasteiger partial charge in [0.1, 0.15) is 11.5 Å². The Balaban J connectivity index is 1.51. The average Bonchev–Trinajstić information content (AvgIpc) is 2.74. The molecule has 0 aromatic heterocycles. The first kappa shape index (κ1) is 19.2. The van der Waals surface area contributed by atoms with Crippen molar-refractivity contribution in [2.24, 2.45) is 0 Å². The van der Waals surface area contributed by atoms with Crippen molar-refractivity contribution in [3.05, 3.63) is 96.1 Å². The molecule has 5 nitrogen and oxygen atoms in total. The Kier molecular flexibility index (Phi) is 6.41. The van der Waals surface area contributed by atoms with Crippen LogP contribution in [0.15, 0.2) is 84.9 Å². The van der Waals surface area contributed by atoms with Crippen molar-refractivity contribution in [3.63, 3.8) is 0 Å². The molecule has 3 aromatic carbocycles. The van der Waals surface area contributed by atoms with Crippen molar-refractivity contribution in [1.29, 1.82) is 0 Å². The molecule has 1 amide bonds. The highest BCUT2D eigenvalue weighted by molar-refractivity contribution is 5.92. The molecule has 0 saturated carbocycles. The van der Waals surface area contributed by atoms with Crippen molar-refractivity contribution >= 4 is 11.9 Å². The average molecular weight is 375 g/mol. The molecular weight excluding hydrogens is 354 g/mol. The van der Waals surface area contributed by atoms with Crippen LogP contribution in [0.2, 0.25) is 0 Å². The van der Waals surface area contributed by atoms with E-state index in [0.717, 1.165) is 5.56 Å². The van der Waals surface area contributed by atoms with Crippen molar-refractivity contribution < 1.29 is 19.1 Å². The van der Waals surface area contributed by atoms with Crippen LogP contribution in [0.4, 0.5) is 0 Å². The highest BCUT2D eigenvalue weighted by Gasteiger charge is 2.18. The third kappa shape index (κ3) is 5.45. The molecule has 5 heteroatoms. The first-order valence-electron chi connectivity index (χ1n) is 8.97. The summed E-state index contributed by atoms with van der Waals surface area (Å²) < 4.78 is 10.9. The third-order valence-electron chi connectivity index (χ3n) is 4.03. The Morgan fingerprint density at radius 1 is 0.821 bits per heavy atom. The maximum Gasteiger partial charge on any atom is 0.338 e. The lowest BCUT2D eigenvalue weighted by atomic mass is 10.2. The second-order valence-electron chi connectivity index (χ2n) is 6.19. The Morgan fingerprint density at radius 3 is 2.04 bits per heavy atom. The summed E-state index contributed by atoms with van der Waals surface area (Å²) >= 11 is 0. The Labute approximate surface area is 163 Å². The first-order chi connectivity index (χ1) is 13.6. The number of carbonyl (C=O) groups is 2. The predicted molar refractivity (Wildman–Crippen MR) is 106 cm³/mol. The minimum atomic E-state index is -0.892. The van der Waals surface area contributed by atoms with Crippen LogP contribution in [-0.4, -0.2) is 18.0 Å². The molecule has 0 heterocycles. The minimum absolute atomic E-state index is 0.346. The summed E-state index contributed by atoms with van der Waals surface area (Å²) in [5, 5.41) is 2.76. The van der Waals surface area contributed by atoms with Gasteiger partial charge < -0.3 is 14.8 Å². The van der Waals surface area contributed by atoms with Gasteiger partial charge in [0.2, 0.25) is 0 Å². The number of nitrogens with one attached hydrogen (secondary N) is 1. The number of esters is 1. The number of rotatable bonds is 7. The Hall–Kier alpha value is -3.60.